The summed E-state index contributed by atoms with van der Waals surface area (Å²) in [7, 11) is 1.56. The molecule has 6 nitrogen and oxygen atoms in total. The van der Waals surface area contributed by atoms with E-state index in [4.69, 9.17) is 16.3 Å². The molecule has 0 spiro atoms. The van der Waals surface area contributed by atoms with Gasteiger partial charge in [0, 0.05) is 0 Å². The Hall–Kier alpha value is -2.12. The van der Waals surface area contributed by atoms with E-state index in [9.17, 15) is 4.79 Å². The molecular formula is C16H17ClN4O2S. The molecule has 0 unspecified atom stereocenters. The lowest BCUT2D eigenvalue weighted by Crippen LogP contribution is -2.25. The van der Waals surface area contributed by atoms with E-state index >= 15 is 0 Å². The molecule has 24 heavy (non-hydrogen) atoms. The maximum atomic E-state index is 12.2. The van der Waals surface area contributed by atoms with Crippen molar-refractivity contribution in [1.29, 1.82) is 0 Å². The molecule has 0 aliphatic rings. The fourth-order valence-corrected chi connectivity index (χ4v) is 3.53. The van der Waals surface area contributed by atoms with Gasteiger partial charge in [-0.3, -0.25) is 4.79 Å². The van der Waals surface area contributed by atoms with Crippen molar-refractivity contribution in [3.05, 3.63) is 45.2 Å². The van der Waals surface area contributed by atoms with Gasteiger partial charge < -0.3 is 10.1 Å². The second kappa shape index (κ2) is 6.78. The van der Waals surface area contributed by atoms with E-state index in [2.05, 4.69) is 15.4 Å². The largest absolute Gasteiger partial charge is 0.495 e. The molecule has 0 aliphatic carbocycles. The van der Waals surface area contributed by atoms with Crippen LogP contribution >= 0.6 is 22.9 Å². The molecule has 126 valence electrons. The second-order valence-electron chi connectivity index (χ2n) is 5.38. The van der Waals surface area contributed by atoms with E-state index in [0.717, 1.165) is 26.9 Å². The molecule has 0 saturated carbocycles. The molecule has 2 aromatic heterocycles. The maximum absolute atomic E-state index is 12.2. The Bertz CT molecular complexity index is 903. The van der Waals surface area contributed by atoms with Crippen molar-refractivity contribution in [3.8, 4) is 5.75 Å². The Kier molecular flexibility index (Phi) is 4.73. The summed E-state index contributed by atoms with van der Waals surface area (Å²) in [5.41, 5.74) is 2.61. The highest BCUT2D eigenvalue weighted by atomic mass is 35.5. The smallest absolute Gasteiger partial charge is 0.224 e. The summed E-state index contributed by atoms with van der Waals surface area (Å²) in [5.74, 6) is 0.509. The summed E-state index contributed by atoms with van der Waals surface area (Å²) in [4.78, 5) is 17.5. The number of rotatable bonds is 5. The molecular weight excluding hydrogens is 348 g/mol. The van der Waals surface area contributed by atoms with Crippen molar-refractivity contribution in [2.24, 2.45) is 0 Å². The highest BCUT2D eigenvalue weighted by Gasteiger charge is 2.14. The molecule has 1 aromatic carbocycles. The van der Waals surface area contributed by atoms with Crippen LogP contribution in [0.5, 0.6) is 5.75 Å². The predicted molar refractivity (Wildman–Crippen MR) is 93.9 cm³/mol. The molecule has 0 aliphatic heterocycles. The van der Waals surface area contributed by atoms with E-state index < -0.39 is 0 Å². The van der Waals surface area contributed by atoms with Crippen LogP contribution in [0.15, 0.2) is 18.2 Å². The fourth-order valence-electron chi connectivity index (χ4n) is 2.44. The van der Waals surface area contributed by atoms with Crippen molar-refractivity contribution in [2.45, 2.75) is 26.8 Å². The summed E-state index contributed by atoms with van der Waals surface area (Å²) >= 11 is 7.61. The molecule has 0 bridgehead atoms. The van der Waals surface area contributed by atoms with Gasteiger partial charge in [-0.15, -0.1) is 0 Å². The third kappa shape index (κ3) is 3.37. The fraction of sp³-hybridized carbons (Fsp3) is 0.312. The number of fused-ring (bicyclic) bond motifs is 1. The zero-order chi connectivity index (χ0) is 17.3. The SMILES string of the molecule is COc1ccc(CC(=O)NCc2c(C)nc3sc(C)nn23)cc1Cl. The quantitative estimate of drug-likeness (QED) is 0.755. The van der Waals surface area contributed by atoms with Crippen LogP contribution < -0.4 is 10.1 Å². The van der Waals surface area contributed by atoms with Crippen molar-refractivity contribution in [1.82, 2.24) is 19.9 Å². The highest BCUT2D eigenvalue weighted by molar-refractivity contribution is 7.16. The van der Waals surface area contributed by atoms with E-state index in [1.807, 2.05) is 19.9 Å². The lowest BCUT2D eigenvalue weighted by molar-refractivity contribution is -0.120. The first-order valence-electron chi connectivity index (χ1n) is 7.38. The number of carbonyl (C=O) groups excluding carboxylic acids is 1. The number of nitrogens with one attached hydrogen (secondary N) is 1. The third-order valence-corrected chi connectivity index (χ3v) is 4.75. The second-order valence-corrected chi connectivity index (χ2v) is 6.95. The molecule has 0 fully saturated rings. The van der Waals surface area contributed by atoms with Gasteiger partial charge in [0.15, 0.2) is 0 Å². The summed E-state index contributed by atoms with van der Waals surface area (Å²) in [5, 5.41) is 8.77. The molecule has 3 aromatic rings. The van der Waals surface area contributed by atoms with Crippen LogP contribution in [0.4, 0.5) is 0 Å². The molecule has 3 rings (SSSR count). The number of aryl methyl sites for hydroxylation is 2. The molecule has 0 atom stereocenters. The van der Waals surface area contributed by atoms with Gasteiger partial charge in [-0.1, -0.05) is 29.0 Å². The van der Waals surface area contributed by atoms with Gasteiger partial charge >= 0.3 is 0 Å². The molecule has 8 heteroatoms. The minimum absolute atomic E-state index is 0.0856. The van der Waals surface area contributed by atoms with Gasteiger partial charge in [0.2, 0.25) is 10.9 Å². The maximum Gasteiger partial charge on any atom is 0.224 e. The number of nitrogens with zero attached hydrogens (tertiary/aromatic N) is 3. The number of carbonyl (C=O) groups is 1. The van der Waals surface area contributed by atoms with Crippen molar-refractivity contribution >= 4 is 33.8 Å². The summed E-state index contributed by atoms with van der Waals surface area (Å²) in [6, 6.07) is 5.33. The van der Waals surface area contributed by atoms with Crippen LogP contribution in [0.3, 0.4) is 0 Å². The Balaban J connectivity index is 1.66. The summed E-state index contributed by atoms with van der Waals surface area (Å²) in [6.45, 7) is 4.24. The molecule has 0 radical (unpaired) electrons. The molecule has 1 amide bonds. The van der Waals surface area contributed by atoms with Gasteiger partial charge in [-0.2, -0.15) is 5.10 Å². The first kappa shape index (κ1) is 16.7. The van der Waals surface area contributed by atoms with E-state index in [1.165, 1.54) is 11.3 Å². The monoisotopic (exact) mass is 364 g/mol. The van der Waals surface area contributed by atoms with Crippen LogP contribution in [0.25, 0.3) is 4.96 Å². The Morgan fingerprint density at radius 3 is 2.92 bits per heavy atom. The van der Waals surface area contributed by atoms with Crippen molar-refractivity contribution in [2.75, 3.05) is 7.11 Å². The average molecular weight is 365 g/mol. The Morgan fingerprint density at radius 2 is 2.21 bits per heavy atom. The molecule has 2 heterocycles. The number of halogens is 1. The zero-order valence-electron chi connectivity index (χ0n) is 13.6. The average Bonchev–Trinajstić information content (AvgIpc) is 3.00. The number of amides is 1. The number of hydrogen-bond donors (Lipinski definition) is 1. The standard InChI is InChI=1S/C16H17ClN4O2S/c1-9-13(21-16(19-9)24-10(2)20-21)8-18-15(22)7-11-4-5-14(23-3)12(17)6-11/h4-6H,7-8H2,1-3H3,(H,18,22). The van der Waals surface area contributed by atoms with Crippen LogP contribution in [-0.2, 0) is 17.8 Å². The van der Waals surface area contributed by atoms with Crippen LogP contribution in [-0.4, -0.2) is 27.6 Å². The number of imidazole rings is 1. The summed E-state index contributed by atoms with van der Waals surface area (Å²) < 4.78 is 6.90. The van der Waals surface area contributed by atoms with E-state index in [-0.39, 0.29) is 12.3 Å². The van der Waals surface area contributed by atoms with Crippen LogP contribution in [0.2, 0.25) is 5.02 Å². The predicted octanol–water partition coefficient (Wildman–Crippen LogP) is 2.93. The molecule has 1 N–H and O–H groups in total. The van der Waals surface area contributed by atoms with Crippen molar-refractivity contribution < 1.29 is 9.53 Å². The minimum atomic E-state index is -0.0856. The number of ether oxygens (including phenoxy) is 1. The number of hydrogen-bond acceptors (Lipinski definition) is 5. The first-order chi connectivity index (χ1) is 11.5. The lowest BCUT2D eigenvalue weighted by Gasteiger charge is -2.07. The lowest BCUT2D eigenvalue weighted by atomic mass is 10.1. The van der Waals surface area contributed by atoms with E-state index in [0.29, 0.717) is 17.3 Å². The van der Waals surface area contributed by atoms with Crippen LogP contribution in [0, 0.1) is 13.8 Å². The van der Waals surface area contributed by atoms with Gasteiger partial charge in [0.1, 0.15) is 10.8 Å². The Morgan fingerprint density at radius 1 is 1.42 bits per heavy atom. The number of aromatic nitrogens is 3. The minimum Gasteiger partial charge on any atom is -0.495 e. The van der Waals surface area contributed by atoms with Crippen LogP contribution in [0.1, 0.15) is 22.0 Å². The Labute approximate surface area is 148 Å². The van der Waals surface area contributed by atoms with E-state index in [1.54, 1.807) is 23.8 Å². The summed E-state index contributed by atoms with van der Waals surface area (Å²) in [6.07, 6.45) is 0.251. The normalized spacial score (nSPS) is 11.0. The topological polar surface area (TPSA) is 68.5 Å². The number of methoxy groups -OCH3 is 1. The zero-order valence-corrected chi connectivity index (χ0v) is 15.2. The van der Waals surface area contributed by atoms with Gasteiger partial charge in [0.05, 0.1) is 36.5 Å². The third-order valence-electron chi connectivity index (χ3n) is 3.63. The van der Waals surface area contributed by atoms with Gasteiger partial charge in [-0.25, -0.2) is 9.50 Å². The number of benzene rings is 1. The van der Waals surface area contributed by atoms with Gasteiger partial charge in [-0.05, 0) is 31.5 Å². The first-order valence-corrected chi connectivity index (χ1v) is 8.58. The van der Waals surface area contributed by atoms with Gasteiger partial charge in [0.25, 0.3) is 0 Å². The van der Waals surface area contributed by atoms with Crippen molar-refractivity contribution in [3.63, 3.8) is 0 Å². The molecule has 0 saturated heterocycles. The highest BCUT2D eigenvalue weighted by Crippen LogP contribution is 2.25.